The fourth-order valence-electron chi connectivity index (χ4n) is 3.72. The van der Waals surface area contributed by atoms with Crippen LogP contribution in [0.5, 0.6) is 23.0 Å². The third kappa shape index (κ3) is 4.98. The fourth-order valence-corrected chi connectivity index (χ4v) is 3.72. The van der Waals surface area contributed by atoms with Crippen molar-refractivity contribution in [1.82, 2.24) is 0 Å². The number of benzene rings is 4. The third-order valence-corrected chi connectivity index (χ3v) is 5.22. The molecule has 0 unspecified atom stereocenters. The second-order valence-corrected chi connectivity index (χ2v) is 7.77. The van der Waals surface area contributed by atoms with Crippen LogP contribution in [0.25, 0.3) is 21.5 Å². The molecule has 0 bridgehead atoms. The molecule has 168 valence electrons. The zero-order chi connectivity index (χ0) is 23.2. The summed E-state index contributed by atoms with van der Waals surface area (Å²) in [7, 11) is 0. The first-order valence-electron chi connectivity index (χ1n) is 11.2. The fraction of sp³-hybridized carbons (Fsp3) is 0.214. The van der Waals surface area contributed by atoms with Gasteiger partial charge in [-0.05, 0) is 43.2 Å². The highest BCUT2D eigenvalue weighted by Crippen LogP contribution is 2.44. The van der Waals surface area contributed by atoms with Gasteiger partial charge in [0.1, 0.15) is 23.0 Å². The topological polar surface area (TPSA) is 61.8 Å². The van der Waals surface area contributed by atoms with Crippen LogP contribution in [0.1, 0.15) is 39.5 Å². The summed E-state index contributed by atoms with van der Waals surface area (Å²) in [4.78, 5) is 24.9. The summed E-state index contributed by atoms with van der Waals surface area (Å²) >= 11 is 0. The number of esters is 2. The van der Waals surface area contributed by atoms with E-state index < -0.39 is 0 Å². The number of rotatable bonds is 8. The van der Waals surface area contributed by atoms with E-state index in [1.165, 1.54) is 0 Å². The van der Waals surface area contributed by atoms with Gasteiger partial charge in [0, 0.05) is 34.4 Å². The van der Waals surface area contributed by atoms with Gasteiger partial charge < -0.3 is 14.2 Å². The average molecular weight is 443 g/mol. The van der Waals surface area contributed by atoms with Crippen molar-refractivity contribution in [3.05, 3.63) is 72.8 Å². The van der Waals surface area contributed by atoms with E-state index in [1.54, 1.807) is 0 Å². The zero-order valence-electron chi connectivity index (χ0n) is 18.8. The normalized spacial score (nSPS) is 10.8. The van der Waals surface area contributed by atoms with Crippen molar-refractivity contribution in [2.24, 2.45) is 0 Å². The highest BCUT2D eigenvalue weighted by Gasteiger charge is 2.20. The minimum absolute atomic E-state index is 0.302. The number of carbonyl (C=O) groups excluding carboxylic acids is 2. The van der Waals surface area contributed by atoms with Crippen molar-refractivity contribution in [2.45, 2.75) is 39.5 Å². The molecule has 4 aromatic carbocycles. The highest BCUT2D eigenvalue weighted by molar-refractivity contribution is 6.13. The van der Waals surface area contributed by atoms with Crippen LogP contribution in [0.3, 0.4) is 0 Å². The Bertz CT molecular complexity index is 1290. The van der Waals surface area contributed by atoms with Gasteiger partial charge in [-0.15, -0.1) is 0 Å². The average Bonchev–Trinajstić information content (AvgIpc) is 2.82. The van der Waals surface area contributed by atoms with E-state index in [0.29, 0.717) is 70.2 Å². The van der Waals surface area contributed by atoms with Crippen LogP contribution in [0.4, 0.5) is 0 Å². The highest BCUT2D eigenvalue weighted by atomic mass is 16.5. The van der Waals surface area contributed by atoms with Crippen LogP contribution in [-0.2, 0) is 9.59 Å². The van der Waals surface area contributed by atoms with Crippen LogP contribution in [0.15, 0.2) is 72.8 Å². The van der Waals surface area contributed by atoms with Crippen molar-refractivity contribution < 1.29 is 23.8 Å². The molecule has 0 amide bonds. The van der Waals surface area contributed by atoms with Crippen LogP contribution < -0.4 is 14.2 Å². The van der Waals surface area contributed by atoms with Crippen molar-refractivity contribution in [3.8, 4) is 23.0 Å². The first-order chi connectivity index (χ1) is 16.1. The lowest BCUT2D eigenvalue weighted by atomic mass is 10.00. The number of ether oxygens (including phenoxy) is 3. The summed E-state index contributed by atoms with van der Waals surface area (Å²) in [5.74, 6) is 1.56. The quantitative estimate of drug-likeness (QED) is 0.164. The number of hydrogen-bond acceptors (Lipinski definition) is 5. The van der Waals surface area contributed by atoms with Gasteiger partial charge in [-0.1, -0.05) is 56.3 Å². The zero-order valence-corrected chi connectivity index (χ0v) is 18.8. The monoisotopic (exact) mass is 442 g/mol. The molecule has 0 aromatic heterocycles. The summed E-state index contributed by atoms with van der Waals surface area (Å²) < 4.78 is 17.7. The van der Waals surface area contributed by atoms with E-state index in [4.69, 9.17) is 14.2 Å². The molecule has 0 aliphatic rings. The molecule has 0 heterocycles. The minimum Gasteiger partial charge on any atom is -0.457 e. The van der Waals surface area contributed by atoms with Crippen LogP contribution in [0, 0.1) is 0 Å². The van der Waals surface area contributed by atoms with Gasteiger partial charge in [0.05, 0.1) is 0 Å². The first-order valence-corrected chi connectivity index (χ1v) is 11.2. The van der Waals surface area contributed by atoms with Crippen LogP contribution in [-0.4, -0.2) is 11.9 Å². The maximum atomic E-state index is 12.5. The molecule has 4 rings (SSSR count). The Hall–Kier alpha value is -3.86. The van der Waals surface area contributed by atoms with E-state index in [0.717, 1.165) is 0 Å². The molecule has 0 saturated heterocycles. The first kappa shape index (κ1) is 22.3. The maximum absolute atomic E-state index is 12.5. The SMILES string of the molecule is CCCC(=O)Oc1c2ccccc2c(OC(=O)CCC)c2cc(Oc3ccccc3)ccc12. The Morgan fingerprint density at radius 3 is 1.70 bits per heavy atom. The van der Waals surface area contributed by atoms with Gasteiger partial charge >= 0.3 is 11.9 Å². The lowest BCUT2D eigenvalue weighted by molar-refractivity contribution is -0.135. The lowest BCUT2D eigenvalue weighted by Crippen LogP contribution is -2.10. The van der Waals surface area contributed by atoms with Gasteiger partial charge in [-0.25, -0.2) is 0 Å². The van der Waals surface area contributed by atoms with E-state index in [1.807, 2.05) is 86.6 Å². The molecule has 0 aliphatic heterocycles. The Labute approximate surface area is 192 Å². The molecule has 33 heavy (non-hydrogen) atoms. The Kier molecular flexibility index (Phi) is 6.89. The molecular formula is C28H26O5. The molecule has 0 N–H and O–H groups in total. The molecule has 4 aromatic rings. The second-order valence-electron chi connectivity index (χ2n) is 7.77. The van der Waals surface area contributed by atoms with Crippen molar-refractivity contribution in [2.75, 3.05) is 0 Å². The smallest absolute Gasteiger partial charge is 0.311 e. The number of fused-ring (bicyclic) bond motifs is 2. The van der Waals surface area contributed by atoms with E-state index in [9.17, 15) is 9.59 Å². The summed E-state index contributed by atoms with van der Waals surface area (Å²) in [5.41, 5.74) is 0. The largest absolute Gasteiger partial charge is 0.457 e. The Morgan fingerprint density at radius 2 is 1.12 bits per heavy atom. The van der Waals surface area contributed by atoms with Gasteiger partial charge in [-0.2, -0.15) is 0 Å². The predicted molar refractivity (Wildman–Crippen MR) is 129 cm³/mol. The summed E-state index contributed by atoms with van der Waals surface area (Å²) in [5, 5.41) is 2.74. The van der Waals surface area contributed by atoms with E-state index in [2.05, 4.69) is 0 Å². The van der Waals surface area contributed by atoms with Gasteiger partial charge in [0.25, 0.3) is 0 Å². The number of hydrogen-bond donors (Lipinski definition) is 0. The van der Waals surface area contributed by atoms with Crippen molar-refractivity contribution in [1.29, 1.82) is 0 Å². The summed E-state index contributed by atoms with van der Waals surface area (Å²) in [6.07, 6.45) is 2.00. The molecule has 0 saturated carbocycles. The Balaban J connectivity index is 1.92. The summed E-state index contributed by atoms with van der Waals surface area (Å²) in [6, 6.07) is 22.4. The molecule has 0 aliphatic carbocycles. The summed E-state index contributed by atoms with van der Waals surface area (Å²) in [6.45, 7) is 3.86. The van der Waals surface area contributed by atoms with Gasteiger partial charge in [-0.3, -0.25) is 9.59 Å². The maximum Gasteiger partial charge on any atom is 0.311 e. The van der Waals surface area contributed by atoms with Crippen molar-refractivity contribution >= 4 is 33.5 Å². The number of carbonyl (C=O) groups is 2. The molecular weight excluding hydrogens is 416 g/mol. The van der Waals surface area contributed by atoms with Gasteiger partial charge in [0.15, 0.2) is 0 Å². The Morgan fingerprint density at radius 1 is 0.606 bits per heavy atom. The van der Waals surface area contributed by atoms with Gasteiger partial charge in [0.2, 0.25) is 0 Å². The second kappa shape index (κ2) is 10.2. The molecule has 0 fully saturated rings. The molecule has 0 radical (unpaired) electrons. The third-order valence-electron chi connectivity index (χ3n) is 5.22. The molecule has 5 nitrogen and oxygen atoms in total. The molecule has 5 heteroatoms. The predicted octanol–water partition coefficient (Wildman–Crippen LogP) is 7.20. The van der Waals surface area contributed by atoms with Crippen LogP contribution in [0.2, 0.25) is 0 Å². The van der Waals surface area contributed by atoms with E-state index in [-0.39, 0.29) is 11.9 Å². The van der Waals surface area contributed by atoms with Crippen LogP contribution >= 0.6 is 0 Å². The van der Waals surface area contributed by atoms with Crippen molar-refractivity contribution in [3.63, 3.8) is 0 Å². The molecule has 0 atom stereocenters. The number of para-hydroxylation sites is 1. The molecule has 0 spiro atoms. The lowest BCUT2D eigenvalue weighted by Gasteiger charge is -2.17. The minimum atomic E-state index is -0.311. The standard InChI is InChI=1S/C28H26O5/c1-3-10-25(29)32-27-21-14-8-9-15-22(21)28(33-26(30)11-4-2)24-18-20(16-17-23(24)27)31-19-12-6-5-7-13-19/h5-9,12-18H,3-4,10-11H2,1-2H3. The van der Waals surface area contributed by atoms with E-state index >= 15 is 0 Å².